The lowest BCUT2D eigenvalue weighted by molar-refractivity contribution is -0.0515. The Balaban J connectivity index is 2.07. The number of rotatable bonds is 3. The molecule has 0 saturated heterocycles. The number of ether oxygens (including phenoxy) is 1. The van der Waals surface area contributed by atoms with E-state index in [0.29, 0.717) is 11.5 Å². The molecule has 21 heavy (non-hydrogen) atoms. The Bertz CT molecular complexity index is 658. The van der Waals surface area contributed by atoms with Gasteiger partial charge in [-0.15, -0.1) is 0 Å². The molecule has 2 aromatic rings. The Kier molecular flexibility index (Phi) is 3.88. The smallest absolute Gasteiger partial charge is 0.251 e. The van der Waals surface area contributed by atoms with E-state index in [0.717, 1.165) is 31.2 Å². The Labute approximate surface area is 124 Å². The topological polar surface area (TPSA) is 55.0 Å². The van der Waals surface area contributed by atoms with Gasteiger partial charge in [-0.3, -0.25) is 4.79 Å². The fraction of sp³-hybridized carbons (Fsp3) is 0.412. The highest BCUT2D eigenvalue weighted by atomic mass is 16.5. The monoisotopic (exact) mass is 284 g/mol. The third kappa shape index (κ3) is 2.76. The molecular formula is C17H20N2O2. The van der Waals surface area contributed by atoms with Gasteiger partial charge in [0.25, 0.3) is 5.56 Å². The number of nitrogens with one attached hydrogen (secondary N) is 1. The van der Waals surface area contributed by atoms with E-state index in [1.807, 2.05) is 30.3 Å². The third-order valence-corrected chi connectivity index (χ3v) is 4.29. The maximum absolute atomic E-state index is 12.0. The molecule has 1 aliphatic rings. The van der Waals surface area contributed by atoms with Crippen molar-refractivity contribution in [2.45, 2.75) is 37.7 Å². The van der Waals surface area contributed by atoms with Crippen LogP contribution in [0.1, 0.15) is 37.9 Å². The van der Waals surface area contributed by atoms with E-state index in [1.54, 1.807) is 13.2 Å². The Hall–Kier alpha value is -1.94. The van der Waals surface area contributed by atoms with E-state index in [4.69, 9.17) is 4.74 Å². The SMILES string of the molecule is COC1(c2nc(-c3ccccc3)cc(=O)[nH]2)CCCCC1. The van der Waals surface area contributed by atoms with E-state index < -0.39 is 5.60 Å². The highest BCUT2D eigenvalue weighted by Gasteiger charge is 2.36. The second kappa shape index (κ2) is 5.82. The summed E-state index contributed by atoms with van der Waals surface area (Å²) in [6, 6.07) is 11.3. The summed E-state index contributed by atoms with van der Waals surface area (Å²) in [5.41, 5.74) is 1.09. The predicted octanol–water partition coefficient (Wildman–Crippen LogP) is 3.24. The van der Waals surface area contributed by atoms with Gasteiger partial charge in [0.15, 0.2) is 0 Å². The average molecular weight is 284 g/mol. The molecule has 0 bridgehead atoms. The molecule has 4 heteroatoms. The lowest BCUT2D eigenvalue weighted by Gasteiger charge is -2.34. The molecule has 4 nitrogen and oxygen atoms in total. The van der Waals surface area contributed by atoms with Gasteiger partial charge < -0.3 is 9.72 Å². The van der Waals surface area contributed by atoms with Gasteiger partial charge in [-0.2, -0.15) is 0 Å². The van der Waals surface area contributed by atoms with Crippen LogP contribution in [-0.4, -0.2) is 17.1 Å². The summed E-state index contributed by atoms with van der Waals surface area (Å²) in [6.45, 7) is 0. The van der Waals surface area contributed by atoms with Crippen molar-refractivity contribution in [3.8, 4) is 11.3 Å². The van der Waals surface area contributed by atoms with Crippen LogP contribution in [0.4, 0.5) is 0 Å². The molecule has 0 radical (unpaired) electrons. The second-order valence-corrected chi connectivity index (χ2v) is 5.60. The minimum Gasteiger partial charge on any atom is -0.370 e. The zero-order valence-corrected chi connectivity index (χ0v) is 12.3. The predicted molar refractivity (Wildman–Crippen MR) is 82.1 cm³/mol. The van der Waals surface area contributed by atoms with Crippen molar-refractivity contribution in [1.82, 2.24) is 9.97 Å². The molecule has 1 aromatic carbocycles. The minimum absolute atomic E-state index is 0.124. The van der Waals surface area contributed by atoms with Gasteiger partial charge in [0.05, 0.1) is 5.69 Å². The van der Waals surface area contributed by atoms with Crippen LogP contribution in [0.2, 0.25) is 0 Å². The molecule has 1 N–H and O–H groups in total. The van der Waals surface area contributed by atoms with Crippen LogP contribution in [0.5, 0.6) is 0 Å². The number of H-pyrrole nitrogens is 1. The first-order valence-corrected chi connectivity index (χ1v) is 7.46. The fourth-order valence-corrected chi connectivity index (χ4v) is 3.09. The van der Waals surface area contributed by atoms with Crippen LogP contribution in [-0.2, 0) is 10.3 Å². The summed E-state index contributed by atoms with van der Waals surface area (Å²) in [7, 11) is 1.71. The van der Waals surface area contributed by atoms with Gasteiger partial charge in [0, 0.05) is 18.7 Å². The van der Waals surface area contributed by atoms with Crippen molar-refractivity contribution in [2.24, 2.45) is 0 Å². The number of benzene rings is 1. The van der Waals surface area contributed by atoms with Crippen molar-refractivity contribution >= 4 is 0 Å². The molecule has 1 aromatic heterocycles. The normalized spacial score (nSPS) is 17.6. The molecule has 0 atom stereocenters. The van der Waals surface area contributed by atoms with E-state index in [9.17, 15) is 4.79 Å². The average Bonchev–Trinajstić information content (AvgIpc) is 2.56. The standard InChI is InChI=1S/C17H20N2O2/c1-21-17(10-6-3-7-11-17)16-18-14(12-15(20)19-16)13-8-4-2-5-9-13/h2,4-5,8-9,12H,3,6-7,10-11H2,1H3,(H,18,19,20). The molecule has 1 aliphatic carbocycles. The maximum atomic E-state index is 12.0. The number of aromatic amines is 1. The molecule has 1 heterocycles. The molecule has 0 unspecified atom stereocenters. The first-order valence-electron chi connectivity index (χ1n) is 7.46. The molecule has 0 aliphatic heterocycles. The van der Waals surface area contributed by atoms with Gasteiger partial charge in [-0.25, -0.2) is 4.98 Å². The zero-order chi connectivity index (χ0) is 14.7. The highest BCUT2D eigenvalue weighted by molar-refractivity contribution is 5.58. The molecule has 0 spiro atoms. The molecule has 110 valence electrons. The Morgan fingerprint density at radius 2 is 1.86 bits per heavy atom. The summed E-state index contributed by atoms with van der Waals surface area (Å²) in [5, 5.41) is 0. The highest BCUT2D eigenvalue weighted by Crippen LogP contribution is 2.38. The fourth-order valence-electron chi connectivity index (χ4n) is 3.09. The van der Waals surface area contributed by atoms with Crippen molar-refractivity contribution in [2.75, 3.05) is 7.11 Å². The maximum Gasteiger partial charge on any atom is 0.251 e. The van der Waals surface area contributed by atoms with Crippen molar-refractivity contribution in [1.29, 1.82) is 0 Å². The quantitative estimate of drug-likeness (QED) is 0.941. The number of nitrogens with zero attached hydrogens (tertiary/aromatic N) is 1. The molecule has 1 saturated carbocycles. The molecular weight excluding hydrogens is 264 g/mol. The largest absolute Gasteiger partial charge is 0.370 e. The van der Waals surface area contributed by atoms with Crippen molar-refractivity contribution < 1.29 is 4.74 Å². The lowest BCUT2D eigenvalue weighted by atomic mass is 9.84. The number of aromatic nitrogens is 2. The van der Waals surface area contributed by atoms with Crippen LogP contribution in [0.15, 0.2) is 41.2 Å². The molecule has 1 fully saturated rings. The van der Waals surface area contributed by atoms with E-state index in [2.05, 4.69) is 9.97 Å². The number of methoxy groups -OCH3 is 1. The van der Waals surface area contributed by atoms with Gasteiger partial charge in [0.1, 0.15) is 11.4 Å². The summed E-state index contributed by atoms with van der Waals surface area (Å²) in [5.74, 6) is 0.663. The number of hydrogen-bond donors (Lipinski definition) is 1. The van der Waals surface area contributed by atoms with Gasteiger partial charge >= 0.3 is 0 Å². The second-order valence-electron chi connectivity index (χ2n) is 5.60. The van der Waals surface area contributed by atoms with E-state index in [1.165, 1.54) is 6.42 Å². The minimum atomic E-state index is -0.442. The summed E-state index contributed by atoms with van der Waals surface area (Å²) in [4.78, 5) is 19.6. The number of hydrogen-bond acceptors (Lipinski definition) is 3. The zero-order valence-electron chi connectivity index (χ0n) is 12.3. The van der Waals surface area contributed by atoms with Crippen molar-refractivity contribution in [3.05, 3.63) is 52.6 Å². The Morgan fingerprint density at radius 3 is 2.52 bits per heavy atom. The third-order valence-electron chi connectivity index (χ3n) is 4.29. The van der Waals surface area contributed by atoms with Crippen LogP contribution in [0.25, 0.3) is 11.3 Å². The summed E-state index contributed by atoms with van der Waals surface area (Å²) in [6.07, 6.45) is 5.24. The first kappa shape index (κ1) is 14.0. The van der Waals surface area contributed by atoms with Gasteiger partial charge in [0.2, 0.25) is 0 Å². The summed E-state index contributed by atoms with van der Waals surface area (Å²) < 4.78 is 5.78. The van der Waals surface area contributed by atoms with Crippen molar-refractivity contribution in [3.63, 3.8) is 0 Å². The molecule has 3 rings (SSSR count). The van der Waals surface area contributed by atoms with Crippen LogP contribution in [0.3, 0.4) is 0 Å². The first-order chi connectivity index (χ1) is 10.2. The molecule has 0 amide bonds. The van der Waals surface area contributed by atoms with Crippen LogP contribution >= 0.6 is 0 Å². The summed E-state index contributed by atoms with van der Waals surface area (Å²) >= 11 is 0. The van der Waals surface area contributed by atoms with E-state index >= 15 is 0 Å². The Morgan fingerprint density at radius 1 is 1.14 bits per heavy atom. The van der Waals surface area contributed by atoms with Gasteiger partial charge in [-0.1, -0.05) is 49.6 Å². The lowest BCUT2D eigenvalue weighted by Crippen LogP contribution is -2.35. The van der Waals surface area contributed by atoms with Crippen LogP contribution < -0.4 is 5.56 Å². The van der Waals surface area contributed by atoms with Gasteiger partial charge in [-0.05, 0) is 12.8 Å². The van der Waals surface area contributed by atoms with E-state index in [-0.39, 0.29) is 5.56 Å². The van der Waals surface area contributed by atoms with Crippen LogP contribution in [0, 0.1) is 0 Å².